The van der Waals surface area contributed by atoms with E-state index < -0.39 is 12.3 Å². The minimum absolute atomic E-state index is 0.206. The van der Waals surface area contributed by atoms with Crippen molar-refractivity contribution in [2.75, 3.05) is 20.3 Å². The SMILES string of the molecule is CCO[C@H](OC)C1=CC(=O)O/C1=C/CO. The summed E-state index contributed by atoms with van der Waals surface area (Å²) in [6.45, 7) is 2.07. The van der Waals surface area contributed by atoms with Gasteiger partial charge in [0.1, 0.15) is 5.76 Å². The first-order valence-corrected chi connectivity index (χ1v) is 4.62. The number of methoxy groups -OCH3 is 1. The van der Waals surface area contributed by atoms with Crippen LogP contribution in [-0.2, 0) is 19.0 Å². The zero-order chi connectivity index (χ0) is 11.3. The molecule has 0 aromatic heterocycles. The fourth-order valence-electron chi connectivity index (χ4n) is 1.26. The van der Waals surface area contributed by atoms with Crippen LogP contribution in [0.25, 0.3) is 0 Å². The molecule has 0 amide bonds. The van der Waals surface area contributed by atoms with E-state index in [0.717, 1.165) is 0 Å². The summed E-state index contributed by atoms with van der Waals surface area (Å²) in [5.74, 6) is -0.186. The molecule has 15 heavy (non-hydrogen) atoms. The standard InChI is InChI=1S/C10H14O5/c1-3-14-10(13-2)7-6-9(12)15-8(7)4-5-11/h4,6,10-11H,3,5H2,1-2H3/b8-4+/t10-/m0/s1. The number of rotatable bonds is 5. The number of aliphatic hydroxyl groups is 1. The number of cyclic esters (lactones) is 1. The second kappa shape index (κ2) is 5.65. The van der Waals surface area contributed by atoms with Crippen LogP contribution in [-0.4, -0.2) is 37.7 Å². The van der Waals surface area contributed by atoms with E-state index in [1.165, 1.54) is 19.3 Å². The summed E-state index contributed by atoms with van der Waals surface area (Å²) < 4.78 is 15.2. The van der Waals surface area contributed by atoms with Gasteiger partial charge in [-0.2, -0.15) is 0 Å². The Hall–Kier alpha value is -1.17. The minimum Gasteiger partial charge on any atom is -0.423 e. The number of carbonyl (C=O) groups excluding carboxylic acids is 1. The molecule has 1 aliphatic rings. The lowest BCUT2D eigenvalue weighted by Crippen LogP contribution is -2.18. The molecule has 0 aromatic rings. The van der Waals surface area contributed by atoms with Gasteiger partial charge in [-0.05, 0) is 13.0 Å². The lowest BCUT2D eigenvalue weighted by molar-refractivity contribution is -0.132. The van der Waals surface area contributed by atoms with Crippen molar-refractivity contribution >= 4 is 5.97 Å². The highest BCUT2D eigenvalue weighted by Gasteiger charge is 2.27. The molecule has 84 valence electrons. The third kappa shape index (κ3) is 2.89. The van der Waals surface area contributed by atoms with E-state index in [-0.39, 0.29) is 6.61 Å². The van der Waals surface area contributed by atoms with Crippen LogP contribution in [0.15, 0.2) is 23.5 Å². The van der Waals surface area contributed by atoms with Crippen LogP contribution in [0.4, 0.5) is 0 Å². The van der Waals surface area contributed by atoms with Crippen LogP contribution < -0.4 is 0 Å². The summed E-state index contributed by atoms with van der Waals surface area (Å²) in [6, 6.07) is 0. The van der Waals surface area contributed by atoms with Crippen LogP contribution >= 0.6 is 0 Å². The van der Waals surface area contributed by atoms with Gasteiger partial charge in [0.25, 0.3) is 0 Å². The highest BCUT2D eigenvalue weighted by molar-refractivity contribution is 5.88. The first kappa shape index (κ1) is 11.9. The van der Waals surface area contributed by atoms with Crippen molar-refractivity contribution in [1.29, 1.82) is 0 Å². The Morgan fingerprint density at radius 1 is 1.67 bits per heavy atom. The second-order valence-electron chi connectivity index (χ2n) is 2.79. The first-order valence-electron chi connectivity index (χ1n) is 4.62. The molecule has 0 aromatic carbocycles. The van der Waals surface area contributed by atoms with Crippen LogP contribution in [0.3, 0.4) is 0 Å². The molecule has 5 nitrogen and oxygen atoms in total. The zero-order valence-electron chi connectivity index (χ0n) is 8.73. The van der Waals surface area contributed by atoms with Crippen molar-refractivity contribution < 1.29 is 24.1 Å². The molecule has 0 radical (unpaired) electrons. The van der Waals surface area contributed by atoms with Crippen molar-refractivity contribution in [2.45, 2.75) is 13.2 Å². The van der Waals surface area contributed by atoms with Gasteiger partial charge in [-0.1, -0.05) is 0 Å². The molecular formula is C10H14O5. The minimum atomic E-state index is -0.640. The maximum atomic E-state index is 11.0. The van der Waals surface area contributed by atoms with Crippen molar-refractivity contribution in [3.8, 4) is 0 Å². The van der Waals surface area contributed by atoms with Gasteiger partial charge in [0, 0.05) is 19.8 Å². The molecule has 1 heterocycles. The van der Waals surface area contributed by atoms with Crippen molar-refractivity contribution in [3.05, 3.63) is 23.5 Å². The number of hydrogen-bond acceptors (Lipinski definition) is 5. The van der Waals surface area contributed by atoms with Crippen LogP contribution in [0, 0.1) is 0 Å². The van der Waals surface area contributed by atoms with Gasteiger partial charge in [-0.25, -0.2) is 4.79 Å². The molecule has 0 fully saturated rings. The van der Waals surface area contributed by atoms with E-state index in [9.17, 15) is 4.79 Å². The van der Waals surface area contributed by atoms with E-state index in [1.54, 1.807) is 0 Å². The van der Waals surface area contributed by atoms with E-state index in [4.69, 9.17) is 19.3 Å². The molecule has 0 unspecified atom stereocenters. The van der Waals surface area contributed by atoms with Crippen molar-refractivity contribution in [3.63, 3.8) is 0 Å². The maximum Gasteiger partial charge on any atom is 0.336 e. The Labute approximate surface area is 87.9 Å². The van der Waals surface area contributed by atoms with E-state index in [1.807, 2.05) is 6.92 Å². The van der Waals surface area contributed by atoms with Gasteiger partial charge in [-0.3, -0.25) is 0 Å². The summed E-state index contributed by atoms with van der Waals surface area (Å²) in [5, 5.41) is 8.74. The Balaban J connectivity index is 2.84. The number of hydrogen-bond donors (Lipinski definition) is 1. The molecule has 1 rings (SSSR count). The molecule has 5 heteroatoms. The lowest BCUT2D eigenvalue weighted by atomic mass is 10.2. The summed E-state index contributed by atoms with van der Waals surface area (Å²) in [6.07, 6.45) is 2.05. The number of carbonyl (C=O) groups is 1. The van der Waals surface area contributed by atoms with Gasteiger partial charge in [-0.15, -0.1) is 0 Å². The maximum absolute atomic E-state index is 11.0. The molecule has 0 aliphatic carbocycles. The molecule has 1 N–H and O–H groups in total. The molecule has 1 aliphatic heterocycles. The Morgan fingerprint density at radius 2 is 2.40 bits per heavy atom. The fraction of sp³-hybridized carbons (Fsp3) is 0.500. The predicted molar refractivity (Wildman–Crippen MR) is 51.8 cm³/mol. The Bertz CT molecular complexity index is 292. The zero-order valence-corrected chi connectivity index (χ0v) is 8.73. The largest absolute Gasteiger partial charge is 0.423 e. The summed E-state index contributed by atoms with van der Waals surface area (Å²) >= 11 is 0. The smallest absolute Gasteiger partial charge is 0.336 e. The quantitative estimate of drug-likeness (QED) is 0.528. The molecule has 0 saturated heterocycles. The fourth-order valence-corrected chi connectivity index (χ4v) is 1.26. The summed E-state index contributed by atoms with van der Waals surface area (Å²) in [4.78, 5) is 11.0. The summed E-state index contributed by atoms with van der Waals surface area (Å²) in [7, 11) is 1.47. The van der Waals surface area contributed by atoms with Crippen LogP contribution in [0.2, 0.25) is 0 Å². The highest BCUT2D eigenvalue weighted by atomic mass is 16.7. The predicted octanol–water partition coefficient (Wildman–Crippen LogP) is 0.355. The molecule has 1 atom stereocenters. The highest BCUT2D eigenvalue weighted by Crippen LogP contribution is 2.24. The van der Waals surface area contributed by atoms with E-state index in [0.29, 0.717) is 17.9 Å². The van der Waals surface area contributed by atoms with Crippen molar-refractivity contribution in [2.24, 2.45) is 0 Å². The molecule has 0 saturated carbocycles. The number of ether oxygens (including phenoxy) is 3. The van der Waals surface area contributed by atoms with E-state index >= 15 is 0 Å². The van der Waals surface area contributed by atoms with Gasteiger partial charge >= 0.3 is 5.97 Å². The number of aliphatic hydroxyl groups excluding tert-OH is 1. The Morgan fingerprint density at radius 3 is 2.93 bits per heavy atom. The normalized spacial score (nSPS) is 20.3. The van der Waals surface area contributed by atoms with Crippen molar-refractivity contribution in [1.82, 2.24) is 0 Å². The second-order valence-corrected chi connectivity index (χ2v) is 2.79. The van der Waals surface area contributed by atoms with Gasteiger partial charge in [0.15, 0.2) is 6.29 Å². The third-order valence-electron chi connectivity index (χ3n) is 1.83. The van der Waals surface area contributed by atoms with Crippen LogP contribution in [0.5, 0.6) is 0 Å². The number of esters is 1. The summed E-state index contributed by atoms with van der Waals surface area (Å²) in [5.41, 5.74) is 0.499. The average molecular weight is 214 g/mol. The van der Waals surface area contributed by atoms with Gasteiger partial charge in [0.2, 0.25) is 0 Å². The monoisotopic (exact) mass is 214 g/mol. The van der Waals surface area contributed by atoms with E-state index in [2.05, 4.69) is 0 Å². The molecular weight excluding hydrogens is 200 g/mol. The topological polar surface area (TPSA) is 65.0 Å². The lowest BCUT2D eigenvalue weighted by Gasteiger charge is -2.16. The Kier molecular flexibility index (Phi) is 4.48. The van der Waals surface area contributed by atoms with Gasteiger partial charge in [0.05, 0.1) is 12.2 Å². The van der Waals surface area contributed by atoms with Crippen LogP contribution in [0.1, 0.15) is 6.92 Å². The molecule has 0 bridgehead atoms. The average Bonchev–Trinajstić information content (AvgIpc) is 2.56. The first-order chi connectivity index (χ1) is 7.22. The molecule has 0 spiro atoms. The van der Waals surface area contributed by atoms with Gasteiger partial charge < -0.3 is 19.3 Å². The third-order valence-corrected chi connectivity index (χ3v) is 1.83.